The highest BCUT2D eigenvalue weighted by molar-refractivity contribution is 5.22. The average Bonchev–Trinajstić information content (AvgIpc) is 2.22. The van der Waals surface area contributed by atoms with Crippen molar-refractivity contribution in [2.45, 2.75) is 54.4 Å². The Morgan fingerprint density at radius 2 is 1.00 bits per heavy atom. The van der Waals surface area contributed by atoms with Gasteiger partial charge < -0.3 is 0 Å². The predicted octanol–water partition coefficient (Wildman–Crippen LogP) is 3.86. The van der Waals surface area contributed by atoms with E-state index in [9.17, 15) is 0 Å². The molecule has 0 N–H and O–H groups in total. The fourth-order valence-electron chi connectivity index (χ4n) is 3.56. The van der Waals surface area contributed by atoms with Gasteiger partial charge in [0.05, 0.1) is 0 Å². The van der Waals surface area contributed by atoms with Crippen molar-refractivity contribution in [2.75, 3.05) is 0 Å². The van der Waals surface area contributed by atoms with E-state index >= 15 is 0 Å². The fraction of sp³-hybridized carbons (Fsp3) is 1.00. The molecule has 11 heavy (non-hydrogen) atoms. The van der Waals surface area contributed by atoms with Crippen molar-refractivity contribution in [3.63, 3.8) is 0 Å². The average molecular weight is 154 g/mol. The maximum Gasteiger partial charge on any atom is -0.0190 e. The van der Waals surface area contributed by atoms with Gasteiger partial charge in [-0.05, 0) is 29.1 Å². The molecule has 0 bridgehead atoms. The lowest BCUT2D eigenvalue weighted by atomic mass is 9.89. The van der Waals surface area contributed by atoms with Gasteiger partial charge in [0, 0.05) is 0 Å². The van der Waals surface area contributed by atoms with Gasteiger partial charge in [-0.3, -0.25) is 0 Å². The summed E-state index contributed by atoms with van der Waals surface area (Å²) in [7, 11) is 0. The van der Waals surface area contributed by atoms with E-state index in [1.807, 2.05) is 0 Å². The molecule has 1 fully saturated rings. The molecule has 1 rings (SSSR count). The van der Waals surface area contributed by atoms with E-state index in [4.69, 9.17) is 0 Å². The van der Waals surface area contributed by atoms with Crippen molar-refractivity contribution in [1.82, 2.24) is 0 Å². The van der Waals surface area contributed by atoms with Crippen molar-refractivity contribution >= 4 is 0 Å². The third-order valence-corrected chi connectivity index (χ3v) is 5.10. The second-order valence-electron chi connectivity index (χ2n) is 5.04. The molecule has 66 valence electrons. The summed E-state index contributed by atoms with van der Waals surface area (Å²) in [5, 5.41) is 0. The molecule has 0 unspecified atom stereocenters. The second kappa shape index (κ2) is 2.02. The van der Waals surface area contributed by atoms with Crippen LogP contribution < -0.4 is 0 Å². The van der Waals surface area contributed by atoms with Gasteiger partial charge in [0.2, 0.25) is 0 Å². The van der Waals surface area contributed by atoms with Crippen LogP contribution in [0.15, 0.2) is 0 Å². The van der Waals surface area contributed by atoms with E-state index in [0.717, 1.165) is 0 Å². The van der Waals surface area contributed by atoms with Gasteiger partial charge in [-0.15, -0.1) is 0 Å². The Morgan fingerprint density at radius 1 is 0.727 bits per heavy atom. The van der Waals surface area contributed by atoms with Gasteiger partial charge in [-0.2, -0.15) is 0 Å². The Morgan fingerprint density at radius 3 is 1.00 bits per heavy atom. The summed E-state index contributed by atoms with van der Waals surface area (Å²) >= 11 is 0. The first-order chi connectivity index (χ1) is 4.87. The first kappa shape index (κ1) is 9.09. The van der Waals surface area contributed by atoms with Crippen molar-refractivity contribution in [1.29, 1.82) is 0 Å². The molecule has 1 aliphatic carbocycles. The van der Waals surface area contributed by atoms with E-state index in [1.165, 1.54) is 12.8 Å². The summed E-state index contributed by atoms with van der Waals surface area (Å²) in [5.41, 5.74) is 1.74. The highest BCUT2D eigenvalue weighted by Crippen LogP contribution is 2.80. The van der Waals surface area contributed by atoms with Gasteiger partial charge >= 0.3 is 0 Å². The molecule has 0 heteroatoms. The van der Waals surface area contributed by atoms with Gasteiger partial charge in [-0.25, -0.2) is 0 Å². The fourth-order valence-corrected chi connectivity index (χ4v) is 3.56. The topological polar surface area (TPSA) is 0 Å². The van der Waals surface area contributed by atoms with E-state index < -0.39 is 0 Å². The molecule has 0 radical (unpaired) electrons. The third kappa shape index (κ3) is 0.666. The molecule has 0 aromatic carbocycles. The molecule has 0 nitrogen and oxygen atoms in total. The maximum absolute atomic E-state index is 2.42. The third-order valence-electron chi connectivity index (χ3n) is 5.10. The zero-order valence-electron chi connectivity index (χ0n) is 8.91. The molecular weight excluding hydrogens is 132 g/mol. The SMILES string of the molecule is CCC1(CC)C(C)(C)C1(C)C. The Kier molecular flexibility index (Phi) is 1.67. The minimum atomic E-state index is 0.559. The highest BCUT2D eigenvalue weighted by Gasteiger charge is 2.74. The molecule has 0 saturated heterocycles. The Hall–Kier alpha value is 0. The minimum absolute atomic E-state index is 0.559. The molecule has 0 spiro atoms. The Labute approximate surface area is 71.4 Å². The Bertz CT molecular complexity index is 143. The molecule has 0 aliphatic heterocycles. The number of rotatable bonds is 2. The lowest BCUT2D eigenvalue weighted by molar-refractivity contribution is 0.339. The molecule has 0 amide bonds. The number of hydrogen-bond donors (Lipinski definition) is 0. The van der Waals surface area contributed by atoms with Gasteiger partial charge in [0.15, 0.2) is 0 Å². The van der Waals surface area contributed by atoms with Crippen LogP contribution in [0, 0.1) is 16.2 Å². The molecule has 0 heterocycles. The van der Waals surface area contributed by atoms with Crippen LogP contribution in [0.3, 0.4) is 0 Å². The highest BCUT2D eigenvalue weighted by atomic mass is 14.8. The van der Waals surface area contributed by atoms with Gasteiger partial charge in [0.25, 0.3) is 0 Å². The van der Waals surface area contributed by atoms with Crippen LogP contribution in [0.25, 0.3) is 0 Å². The Balaban J connectivity index is 2.93. The zero-order chi connectivity index (χ0) is 8.91. The van der Waals surface area contributed by atoms with E-state index in [0.29, 0.717) is 16.2 Å². The molecule has 0 aromatic heterocycles. The molecular formula is C11H22. The van der Waals surface area contributed by atoms with Crippen molar-refractivity contribution in [3.8, 4) is 0 Å². The lowest BCUT2D eigenvalue weighted by Crippen LogP contribution is -2.06. The summed E-state index contributed by atoms with van der Waals surface area (Å²) in [4.78, 5) is 0. The molecule has 1 saturated carbocycles. The monoisotopic (exact) mass is 154 g/mol. The van der Waals surface area contributed by atoms with Crippen molar-refractivity contribution in [2.24, 2.45) is 16.2 Å². The van der Waals surface area contributed by atoms with Crippen LogP contribution in [0.2, 0.25) is 0 Å². The summed E-state index contributed by atoms with van der Waals surface area (Å²) in [6, 6.07) is 0. The predicted molar refractivity (Wildman–Crippen MR) is 50.6 cm³/mol. The standard InChI is InChI=1S/C11H22/c1-7-11(8-2)9(3,4)10(11,5)6/h7-8H2,1-6H3. The lowest BCUT2D eigenvalue weighted by Gasteiger charge is -2.16. The minimum Gasteiger partial charge on any atom is -0.0648 e. The quantitative estimate of drug-likeness (QED) is 0.566. The smallest absolute Gasteiger partial charge is 0.0190 e. The largest absolute Gasteiger partial charge is 0.0648 e. The zero-order valence-corrected chi connectivity index (χ0v) is 8.91. The van der Waals surface area contributed by atoms with Gasteiger partial charge in [0.1, 0.15) is 0 Å². The number of hydrogen-bond acceptors (Lipinski definition) is 0. The first-order valence-corrected chi connectivity index (χ1v) is 4.87. The maximum atomic E-state index is 2.42. The van der Waals surface area contributed by atoms with E-state index in [1.54, 1.807) is 0 Å². The molecule has 0 aromatic rings. The molecule has 0 atom stereocenters. The van der Waals surface area contributed by atoms with Crippen LogP contribution >= 0.6 is 0 Å². The van der Waals surface area contributed by atoms with Crippen molar-refractivity contribution in [3.05, 3.63) is 0 Å². The second-order valence-corrected chi connectivity index (χ2v) is 5.04. The van der Waals surface area contributed by atoms with Crippen LogP contribution in [0.5, 0.6) is 0 Å². The van der Waals surface area contributed by atoms with Crippen molar-refractivity contribution < 1.29 is 0 Å². The summed E-state index contributed by atoms with van der Waals surface area (Å²) in [6.45, 7) is 14.3. The van der Waals surface area contributed by atoms with Crippen LogP contribution in [-0.4, -0.2) is 0 Å². The van der Waals surface area contributed by atoms with Crippen LogP contribution in [-0.2, 0) is 0 Å². The summed E-state index contributed by atoms with van der Waals surface area (Å²) in [5.74, 6) is 0. The van der Waals surface area contributed by atoms with Crippen LogP contribution in [0.4, 0.5) is 0 Å². The first-order valence-electron chi connectivity index (χ1n) is 4.87. The van der Waals surface area contributed by atoms with Gasteiger partial charge in [-0.1, -0.05) is 41.5 Å². The normalized spacial score (nSPS) is 30.0. The van der Waals surface area contributed by atoms with E-state index in [-0.39, 0.29) is 0 Å². The molecule has 1 aliphatic rings. The van der Waals surface area contributed by atoms with Crippen LogP contribution in [0.1, 0.15) is 54.4 Å². The van der Waals surface area contributed by atoms with E-state index in [2.05, 4.69) is 41.5 Å². The summed E-state index contributed by atoms with van der Waals surface area (Å²) < 4.78 is 0. The summed E-state index contributed by atoms with van der Waals surface area (Å²) in [6.07, 6.45) is 2.67.